The summed E-state index contributed by atoms with van der Waals surface area (Å²) in [7, 11) is -3.84. The Kier molecular flexibility index (Phi) is 5.26. The van der Waals surface area contributed by atoms with Crippen LogP contribution in [0, 0.1) is 10.1 Å². The Morgan fingerprint density at radius 2 is 1.69 bits per heavy atom. The highest BCUT2D eigenvalue weighted by Crippen LogP contribution is 2.36. The van der Waals surface area contributed by atoms with Crippen LogP contribution in [0.4, 0.5) is 17.1 Å². The van der Waals surface area contributed by atoms with E-state index in [9.17, 15) is 18.5 Å². The Morgan fingerprint density at radius 3 is 2.41 bits per heavy atom. The van der Waals surface area contributed by atoms with Crippen LogP contribution in [-0.2, 0) is 14.8 Å². The van der Waals surface area contributed by atoms with Crippen molar-refractivity contribution >= 4 is 27.1 Å². The normalized spacial score (nSPS) is 17.0. The molecular formula is C18H19N3O7S. The first-order chi connectivity index (χ1) is 13.9. The third-order valence-electron chi connectivity index (χ3n) is 4.59. The van der Waals surface area contributed by atoms with Crippen LogP contribution >= 0.6 is 0 Å². The van der Waals surface area contributed by atoms with E-state index in [1.165, 1.54) is 16.4 Å². The Bertz CT molecular complexity index is 1040. The number of nitrogens with one attached hydrogen (secondary N) is 1. The quantitative estimate of drug-likeness (QED) is 0.576. The molecule has 154 valence electrons. The summed E-state index contributed by atoms with van der Waals surface area (Å²) in [5.41, 5.74) is 0.392. The summed E-state index contributed by atoms with van der Waals surface area (Å²) in [6.07, 6.45) is 0. The SMILES string of the molecule is O=[N+]([O-])c1cc(S(=O)(=O)N2CCOCC2)ccc1Nc1ccc2c(c1)OCCO2. The lowest BCUT2D eigenvalue weighted by Crippen LogP contribution is -2.40. The predicted octanol–water partition coefficient (Wildman–Crippen LogP) is 2.13. The summed E-state index contributed by atoms with van der Waals surface area (Å²) in [5, 5.41) is 14.5. The fourth-order valence-corrected chi connectivity index (χ4v) is 4.57. The van der Waals surface area contributed by atoms with Crippen molar-refractivity contribution in [2.75, 3.05) is 44.8 Å². The summed E-state index contributed by atoms with van der Waals surface area (Å²) >= 11 is 0. The standard InChI is InChI=1S/C18H19N3O7S/c22-21(23)16-12-14(29(24,25)20-5-7-26-8-6-20)2-3-15(16)19-13-1-4-17-18(11-13)28-10-9-27-17/h1-4,11-12,19H,5-10H2. The number of hydrogen-bond acceptors (Lipinski definition) is 8. The lowest BCUT2D eigenvalue weighted by molar-refractivity contribution is -0.384. The fraction of sp³-hybridized carbons (Fsp3) is 0.333. The molecule has 0 radical (unpaired) electrons. The van der Waals surface area contributed by atoms with Gasteiger partial charge in [0.05, 0.1) is 23.0 Å². The maximum absolute atomic E-state index is 12.8. The van der Waals surface area contributed by atoms with Gasteiger partial charge in [0.2, 0.25) is 10.0 Å². The van der Waals surface area contributed by atoms with Gasteiger partial charge in [0.25, 0.3) is 5.69 Å². The van der Waals surface area contributed by atoms with Gasteiger partial charge in [0.1, 0.15) is 18.9 Å². The summed E-state index contributed by atoms with van der Waals surface area (Å²) in [6.45, 7) is 1.91. The minimum absolute atomic E-state index is 0.126. The molecule has 1 saturated heterocycles. The van der Waals surface area contributed by atoms with E-state index in [1.807, 2.05) is 0 Å². The van der Waals surface area contributed by atoms with Crippen molar-refractivity contribution in [3.05, 3.63) is 46.5 Å². The molecular weight excluding hydrogens is 402 g/mol. The number of nitro benzene ring substituents is 1. The van der Waals surface area contributed by atoms with E-state index in [-0.39, 0.29) is 29.4 Å². The minimum Gasteiger partial charge on any atom is -0.486 e. The van der Waals surface area contributed by atoms with E-state index < -0.39 is 14.9 Å². The Labute approximate surface area is 167 Å². The van der Waals surface area contributed by atoms with Crippen LogP contribution in [0.15, 0.2) is 41.3 Å². The summed E-state index contributed by atoms with van der Waals surface area (Å²) in [6, 6.07) is 8.91. The average Bonchev–Trinajstić information content (AvgIpc) is 2.74. The van der Waals surface area contributed by atoms with Gasteiger partial charge in [-0.3, -0.25) is 10.1 Å². The smallest absolute Gasteiger partial charge is 0.294 e. The molecule has 0 spiro atoms. The second-order valence-corrected chi connectivity index (χ2v) is 8.37. The van der Waals surface area contributed by atoms with Crippen LogP contribution in [0.25, 0.3) is 0 Å². The van der Waals surface area contributed by atoms with Gasteiger partial charge >= 0.3 is 0 Å². The molecule has 1 N–H and O–H groups in total. The van der Waals surface area contributed by atoms with Crippen LogP contribution < -0.4 is 14.8 Å². The Hall–Kier alpha value is -2.89. The second kappa shape index (κ2) is 7.85. The van der Waals surface area contributed by atoms with Gasteiger partial charge in [-0.15, -0.1) is 0 Å². The number of morpholine rings is 1. The zero-order valence-corrected chi connectivity index (χ0v) is 16.2. The van der Waals surface area contributed by atoms with Gasteiger partial charge in [-0.2, -0.15) is 4.31 Å². The van der Waals surface area contributed by atoms with Crippen molar-refractivity contribution in [1.29, 1.82) is 0 Å². The van der Waals surface area contributed by atoms with Gasteiger partial charge in [-0.05, 0) is 24.3 Å². The molecule has 0 unspecified atom stereocenters. The highest BCUT2D eigenvalue weighted by Gasteiger charge is 2.29. The molecule has 0 atom stereocenters. The molecule has 1 fully saturated rings. The first-order valence-corrected chi connectivity index (χ1v) is 10.4. The zero-order valence-electron chi connectivity index (χ0n) is 15.4. The molecule has 2 aromatic rings. The van der Waals surface area contributed by atoms with E-state index in [1.54, 1.807) is 18.2 Å². The summed E-state index contributed by atoms with van der Waals surface area (Å²) in [4.78, 5) is 10.9. The van der Waals surface area contributed by atoms with E-state index >= 15 is 0 Å². The molecule has 0 aliphatic carbocycles. The lowest BCUT2D eigenvalue weighted by Gasteiger charge is -2.26. The van der Waals surface area contributed by atoms with Crippen LogP contribution in [0.3, 0.4) is 0 Å². The maximum atomic E-state index is 12.8. The van der Waals surface area contributed by atoms with Crippen LogP contribution in [0.2, 0.25) is 0 Å². The van der Waals surface area contributed by atoms with Crippen molar-refractivity contribution in [3.63, 3.8) is 0 Å². The van der Waals surface area contributed by atoms with Gasteiger partial charge < -0.3 is 19.5 Å². The lowest BCUT2D eigenvalue weighted by atomic mass is 10.2. The first-order valence-electron chi connectivity index (χ1n) is 8.98. The third kappa shape index (κ3) is 3.97. The molecule has 29 heavy (non-hydrogen) atoms. The van der Waals surface area contributed by atoms with Gasteiger partial charge in [-0.1, -0.05) is 0 Å². The molecule has 2 aliphatic rings. The fourth-order valence-electron chi connectivity index (χ4n) is 3.14. The summed E-state index contributed by atoms with van der Waals surface area (Å²) < 4.78 is 43.0. The monoisotopic (exact) mass is 421 g/mol. The molecule has 11 heteroatoms. The molecule has 0 bridgehead atoms. The van der Waals surface area contributed by atoms with Crippen LogP contribution in [0.5, 0.6) is 11.5 Å². The Balaban J connectivity index is 1.64. The number of benzene rings is 2. The van der Waals surface area contributed by atoms with Crippen molar-refractivity contribution < 1.29 is 27.6 Å². The summed E-state index contributed by atoms with van der Waals surface area (Å²) in [5.74, 6) is 1.14. The molecule has 0 amide bonds. The molecule has 0 aromatic heterocycles. The number of nitrogens with zero attached hydrogens (tertiary/aromatic N) is 2. The number of nitro groups is 1. The zero-order chi connectivity index (χ0) is 20.4. The van der Waals surface area contributed by atoms with Crippen molar-refractivity contribution in [2.45, 2.75) is 4.90 Å². The molecule has 2 aliphatic heterocycles. The van der Waals surface area contributed by atoms with E-state index in [2.05, 4.69) is 5.32 Å². The number of fused-ring (bicyclic) bond motifs is 1. The number of ether oxygens (including phenoxy) is 3. The van der Waals surface area contributed by atoms with Crippen LogP contribution in [0.1, 0.15) is 0 Å². The number of anilines is 2. The topological polar surface area (TPSA) is 120 Å². The van der Waals surface area contributed by atoms with Crippen molar-refractivity contribution in [1.82, 2.24) is 4.31 Å². The largest absolute Gasteiger partial charge is 0.486 e. The minimum atomic E-state index is -3.84. The van der Waals surface area contributed by atoms with Gasteiger partial charge in [0, 0.05) is 30.9 Å². The number of rotatable bonds is 5. The first kappa shape index (κ1) is 19.4. The highest BCUT2D eigenvalue weighted by atomic mass is 32.2. The third-order valence-corrected chi connectivity index (χ3v) is 6.49. The average molecular weight is 421 g/mol. The molecule has 0 saturated carbocycles. The van der Waals surface area contributed by atoms with E-state index in [0.29, 0.717) is 43.6 Å². The highest BCUT2D eigenvalue weighted by molar-refractivity contribution is 7.89. The molecule has 2 heterocycles. The van der Waals surface area contributed by atoms with Crippen molar-refractivity contribution in [3.8, 4) is 11.5 Å². The van der Waals surface area contributed by atoms with Crippen molar-refractivity contribution in [2.24, 2.45) is 0 Å². The molecule has 4 rings (SSSR count). The van der Waals surface area contributed by atoms with Crippen LogP contribution in [-0.4, -0.2) is 57.2 Å². The number of hydrogen-bond donors (Lipinski definition) is 1. The van der Waals surface area contributed by atoms with Gasteiger partial charge in [-0.25, -0.2) is 8.42 Å². The maximum Gasteiger partial charge on any atom is 0.294 e. The molecule has 10 nitrogen and oxygen atoms in total. The molecule has 2 aromatic carbocycles. The number of sulfonamides is 1. The van der Waals surface area contributed by atoms with E-state index in [0.717, 1.165) is 6.07 Å². The second-order valence-electron chi connectivity index (χ2n) is 6.44. The Morgan fingerprint density at radius 1 is 0.966 bits per heavy atom. The van der Waals surface area contributed by atoms with Gasteiger partial charge in [0.15, 0.2) is 11.5 Å². The predicted molar refractivity (Wildman–Crippen MR) is 103 cm³/mol. The van der Waals surface area contributed by atoms with E-state index in [4.69, 9.17) is 14.2 Å².